The van der Waals surface area contributed by atoms with Crippen molar-refractivity contribution in [3.63, 3.8) is 0 Å². The highest BCUT2D eigenvalue weighted by atomic mass is 79.9. The van der Waals surface area contributed by atoms with Crippen molar-refractivity contribution in [3.05, 3.63) is 39.0 Å². The predicted octanol–water partition coefficient (Wildman–Crippen LogP) is 2.65. The van der Waals surface area contributed by atoms with Gasteiger partial charge in [-0.25, -0.2) is 18.1 Å². The number of nitrogens with zero attached hydrogens (tertiary/aromatic N) is 2. The average molecular weight is 362 g/mol. The molecule has 2 aromatic rings. The van der Waals surface area contributed by atoms with Gasteiger partial charge in [0.2, 0.25) is 10.0 Å². The van der Waals surface area contributed by atoms with Crippen LogP contribution in [0.25, 0.3) is 0 Å². The van der Waals surface area contributed by atoms with Crippen LogP contribution >= 0.6 is 27.3 Å². The molecule has 1 unspecified atom stereocenters. The van der Waals surface area contributed by atoms with E-state index >= 15 is 0 Å². The van der Waals surface area contributed by atoms with E-state index in [-0.39, 0.29) is 10.9 Å². The predicted molar refractivity (Wildman–Crippen MR) is 77.5 cm³/mol. The summed E-state index contributed by atoms with van der Waals surface area (Å²) in [5, 5.41) is 2.63. The molecule has 19 heavy (non-hydrogen) atoms. The summed E-state index contributed by atoms with van der Waals surface area (Å²) < 4.78 is 27.6. The fraction of sp³-hybridized carbons (Fsp3) is 0.273. The van der Waals surface area contributed by atoms with Gasteiger partial charge in [0.15, 0.2) is 0 Å². The number of nitrogens with one attached hydrogen (secondary N) is 1. The van der Waals surface area contributed by atoms with Crippen LogP contribution in [0, 0.1) is 6.92 Å². The third-order valence-corrected chi connectivity index (χ3v) is 5.42. The van der Waals surface area contributed by atoms with Crippen molar-refractivity contribution in [1.82, 2.24) is 14.7 Å². The number of pyridine rings is 1. The minimum absolute atomic E-state index is 0.127. The molecule has 8 heteroatoms. The van der Waals surface area contributed by atoms with Gasteiger partial charge in [-0.1, -0.05) is 0 Å². The van der Waals surface area contributed by atoms with Gasteiger partial charge in [-0.3, -0.25) is 4.98 Å². The molecule has 0 saturated carbocycles. The fourth-order valence-corrected chi connectivity index (χ4v) is 4.05. The SMILES string of the molecule is Cc1csc(C(C)NS(=O)(=O)c2cncc(Br)c2)n1. The van der Waals surface area contributed by atoms with Gasteiger partial charge in [0.25, 0.3) is 0 Å². The van der Waals surface area contributed by atoms with Crippen molar-refractivity contribution in [3.8, 4) is 0 Å². The molecule has 0 saturated heterocycles. The van der Waals surface area contributed by atoms with E-state index < -0.39 is 10.0 Å². The minimum atomic E-state index is -3.60. The Morgan fingerprint density at radius 2 is 2.16 bits per heavy atom. The van der Waals surface area contributed by atoms with Crippen LogP contribution in [0.5, 0.6) is 0 Å². The van der Waals surface area contributed by atoms with Crippen molar-refractivity contribution < 1.29 is 8.42 Å². The monoisotopic (exact) mass is 361 g/mol. The molecule has 2 aromatic heterocycles. The first-order chi connectivity index (χ1) is 8.88. The molecule has 0 aliphatic heterocycles. The lowest BCUT2D eigenvalue weighted by Gasteiger charge is -2.11. The normalized spacial score (nSPS) is 13.4. The van der Waals surface area contributed by atoms with Gasteiger partial charge in [0, 0.05) is 27.9 Å². The molecule has 0 aromatic carbocycles. The lowest BCUT2D eigenvalue weighted by Crippen LogP contribution is -2.27. The number of hydrogen-bond donors (Lipinski definition) is 1. The molecule has 0 bridgehead atoms. The van der Waals surface area contributed by atoms with Gasteiger partial charge in [0.05, 0.1) is 6.04 Å². The molecular formula is C11H12BrN3O2S2. The molecule has 0 spiro atoms. The Labute approximate surface area is 124 Å². The van der Waals surface area contributed by atoms with Crippen LogP contribution < -0.4 is 4.72 Å². The van der Waals surface area contributed by atoms with E-state index in [2.05, 4.69) is 30.6 Å². The molecule has 0 aliphatic rings. The maximum atomic E-state index is 12.2. The number of aromatic nitrogens is 2. The van der Waals surface area contributed by atoms with Crippen LogP contribution in [0.3, 0.4) is 0 Å². The number of thiazole rings is 1. The first-order valence-electron chi connectivity index (χ1n) is 5.43. The van der Waals surface area contributed by atoms with Gasteiger partial charge in [-0.2, -0.15) is 0 Å². The highest BCUT2D eigenvalue weighted by molar-refractivity contribution is 9.10. The second-order valence-corrected chi connectivity index (χ2v) is 7.53. The van der Waals surface area contributed by atoms with Crippen molar-refractivity contribution in [2.45, 2.75) is 24.8 Å². The lowest BCUT2D eigenvalue weighted by molar-refractivity contribution is 0.565. The maximum Gasteiger partial charge on any atom is 0.242 e. The number of rotatable bonds is 4. The molecular weight excluding hydrogens is 350 g/mol. The Kier molecular flexibility index (Phi) is 4.34. The van der Waals surface area contributed by atoms with Crippen LogP contribution in [0.15, 0.2) is 33.2 Å². The van der Waals surface area contributed by atoms with Crippen molar-refractivity contribution >= 4 is 37.3 Å². The van der Waals surface area contributed by atoms with Crippen molar-refractivity contribution in [2.75, 3.05) is 0 Å². The molecule has 0 amide bonds. The topological polar surface area (TPSA) is 72.0 Å². The third-order valence-electron chi connectivity index (χ3n) is 2.33. The molecule has 0 aliphatic carbocycles. The van der Waals surface area contributed by atoms with E-state index in [1.165, 1.54) is 29.8 Å². The fourth-order valence-electron chi connectivity index (χ4n) is 1.46. The first-order valence-corrected chi connectivity index (χ1v) is 8.59. The summed E-state index contributed by atoms with van der Waals surface area (Å²) in [4.78, 5) is 8.26. The first kappa shape index (κ1) is 14.6. The minimum Gasteiger partial charge on any atom is -0.262 e. The third kappa shape index (κ3) is 3.59. The summed E-state index contributed by atoms with van der Waals surface area (Å²) in [5.74, 6) is 0. The Morgan fingerprint density at radius 1 is 1.42 bits per heavy atom. The van der Waals surface area contributed by atoms with Gasteiger partial charge in [-0.05, 0) is 35.8 Å². The zero-order chi connectivity index (χ0) is 14.0. The smallest absolute Gasteiger partial charge is 0.242 e. The lowest BCUT2D eigenvalue weighted by atomic mass is 10.4. The van der Waals surface area contributed by atoms with Crippen LogP contribution in [0.4, 0.5) is 0 Å². The second kappa shape index (κ2) is 5.66. The van der Waals surface area contributed by atoms with E-state index in [0.717, 1.165) is 10.7 Å². The number of hydrogen-bond acceptors (Lipinski definition) is 5. The Balaban J connectivity index is 2.22. The van der Waals surface area contributed by atoms with Gasteiger partial charge in [-0.15, -0.1) is 11.3 Å². The summed E-state index contributed by atoms with van der Waals surface area (Å²) in [7, 11) is -3.60. The molecule has 2 rings (SSSR count). The average Bonchev–Trinajstić information content (AvgIpc) is 2.75. The van der Waals surface area contributed by atoms with Crippen molar-refractivity contribution in [2.24, 2.45) is 0 Å². The van der Waals surface area contributed by atoms with Crippen LogP contribution in [-0.2, 0) is 10.0 Å². The number of sulfonamides is 1. The molecule has 0 radical (unpaired) electrons. The highest BCUT2D eigenvalue weighted by Gasteiger charge is 2.20. The quantitative estimate of drug-likeness (QED) is 0.908. The molecule has 0 fully saturated rings. The summed E-state index contributed by atoms with van der Waals surface area (Å²) in [6.45, 7) is 3.64. The van der Waals surface area contributed by atoms with E-state index in [0.29, 0.717) is 4.47 Å². The highest BCUT2D eigenvalue weighted by Crippen LogP contribution is 2.21. The van der Waals surface area contributed by atoms with Crippen LogP contribution in [0.2, 0.25) is 0 Å². The summed E-state index contributed by atoms with van der Waals surface area (Å²) in [5.41, 5.74) is 0.884. The van der Waals surface area contributed by atoms with E-state index in [4.69, 9.17) is 0 Å². The van der Waals surface area contributed by atoms with E-state index in [9.17, 15) is 8.42 Å². The van der Waals surface area contributed by atoms with Gasteiger partial charge < -0.3 is 0 Å². The van der Waals surface area contributed by atoms with Crippen LogP contribution in [-0.4, -0.2) is 18.4 Å². The molecule has 1 atom stereocenters. The Morgan fingerprint density at radius 3 is 2.74 bits per heavy atom. The summed E-state index contributed by atoms with van der Waals surface area (Å²) >= 11 is 4.64. The molecule has 1 N–H and O–H groups in total. The molecule has 2 heterocycles. The molecule has 102 valence electrons. The zero-order valence-corrected chi connectivity index (χ0v) is 13.5. The van der Waals surface area contributed by atoms with Crippen LogP contribution in [0.1, 0.15) is 23.7 Å². The maximum absolute atomic E-state index is 12.2. The molecule has 5 nitrogen and oxygen atoms in total. The summed E-state index contributed by atoms with van der Waals surface area (Å²) in [6.07, 6.45) is 2.85. The Bertz CT molecular complexity index is 685. The standard InChI is InChI=1S/C11H12BrN3O2S2/c1-7-6-18-11(14-7)8(2)15-19(16,17)10-3-9(12)4-13-5-10/h3-6,8,15H,1-2H3. The van der Waals surface area contributed by atoms with Gasteiger partial charge >= 0.3 is 0 Å². The second-order valence-electron chi connectivity index (χ2n) is 4.01. The van der Waals surface area contributed by atoms with Crippen molar-refractivity contribution in [1.29, 1.82) is 0 Å². The summed E-state index contributed by atoms with van der Waals surface area (Å²) in [6, 6.07) is 1.14. The van der Waals surface area contributed by atoms with E-state index in [1.54, 1.807) is 6.92 Å². The number of halogens is 1. The zero-order valence-electron chi connectivity index (χ0n) is 10.3. The Hall–Kier alpha value is -0.830. The van der Waals surface area contributed by atoms with E-state index in [1.807, 2.05) is 12.3 Å². The van der Waals surface area contributed by atoms with Gasteiger partial charge in [0.1, 0.15) is 9.90 Å². The number of aryl methyl sites for hydroxylation is 1. The largest absolute Gasteiger partial charge is 0.262 e.